The van der Waals surface area contributed by atoms with Crippen LogP contribution in [0.3, 0.4) is 0 Å². The summed E-state index contributed by atoms with van der Waals surface area (Å²) in [5.74, 6) is 0.887. The minimum atomic E-state index is -0.0161. The smallest absolute Gasteiger partial charge is 0.233 e. The van der Waals surface area contributed by atoms with Gasteiger partial charge in [0.2, 0.25) is 11.8 Å². The van der Waals surface area contributed by atoms with Crippen LogP contribution >= 0.6 is 0 Å². The van der Waals surface area contributed by atoms with Gasteiger partial charge < -0.3 is 0 Å². The molecule has 0 spiro atoms. The Balaban J connectivity index is 1.49. The van der Waals surface area contributed by atoms with Gasteiger partial charge in [-0.15, -0.1) is 0 Å². The maximum atomic E-state index is 12.4. The quantitative estimate of drug-likeness (QED) is 0.406. The van der Waals surface area contributed by atoms with Crippen molar-refractivity contribution in [3.63, 3.8) is 0 Å². The van der Waals surface area contributed by atoms with E-state index in [1.807, 2.05) is 0 Å². The van der Waals surface area contributed by atoms with Crippen LogP contribution in [0.25, 0.3) is 0 Å². The summed E-state index contributed by atoms with van der Waals surface area (Å²) in [5.41, 5.74) is 0. The third kappa shape index (κ3) is 2.21. The first-order valence-electron chi connectivity index (χ1n) is 8.27. The maximum Gasteiger partial charge on any atom is 0.233 e. The van der Waals surface area contributed by atoms with Gasteiger partial charge in [0, 0.05) is 6.54 Å². The first kappa shape index (κ1) is 13.8. The fraction of sp³-hybridized carbons (Fsp3) is 0.765. The molecule has 110 valence electrons. The number of hydrogen-bond donors (Lipinski definition) is 0. The second kappa shape index (κ2) is 5.71. The molecule has 0 radical (unpaired) electrons. The number of carbonyl (C=O) groups is 2. The van der Waals surface area contributed by atoms with Crippen LogP contribution in [0.4, 0.5) is 0 Å². The highest BCUT2D eigenvalue weighted by Gasteiger charge is 2.58. The minimum absolute atomic E-state index is 0.0161. The van der Waals surface area contributed by atoms with E-state index in [9.17, 15) is 9.59 Å². The zero-order chi connectivity index (χ0) is 14.1. The molecule has 1 saturated heterocycles. The standard InChI is InChI=1S/C17H25NO2/c1-2-3-4-5-6-7-10-18-16(19)14-12-8-9-13(11-12)15(14)17(18)20/h8-9,12-15H,2-7,10-11H2,1H3/t12-,13+,14-,15+. The molecule has 3 rings (SSSR count). The number of nitrogens with zero attached hydrogens (tertiary/aromatic N) is 1. The van der Waals surface area contributed by atoms with Gasteiger partial charge in [0.1, 0.15) is 0 Å². The SMILES string of the molecule is CCCCCCCCN1C(=O)[C@@H]2[C@H](C1=O)[C@@H]1C=C[C@H]2C1. The Labute approximate surface area is 121 Å². The lowest BCUT2D eigenvalue weighted by Gasteiger charge is -2.16. The highest BCUT2D eigenvalue weighted by atomic mass is 16.2. The summed E-state index contributed by atoms with van der Waals surface area (Å²) in [6.07, 6.45) is 12.5. The number of allylic oxidation sites excluding steroid dienone is 2. The molecule has 4 atom stereocenters. The largest absolute Gasteiger partial charge is 0.282 e. The van der Waals surface area contributed by atoms with Crippen molar-refractivity contribution in [1.82, 2.24) is 4.90 Å². The van der Waals surface area contributed by atoms with Crippen LogP contribution in [0.2, 0.25) is 0 Å². The average Bonchev–Trinajstić information content (AvgIpc) is 3.11. The number of hydrogen-bond acceptors (Lipinski definition) is 2. The lowest BCUT2D eigenvalue weighted by Crippen LogP contribution is -2.33. The van der Waals surface area contributed by atoms with Crippen molar-refractivity contribution in [1.29, 1.82) is 0 Å². The van der Waals surface area contributed by atoms with E-state index in [2.05, 4.69) is 19.1 Å². The van der Waals surface area contributed by atoms with Gasteiger partial charge in [0.15, 0.2) is 0 Å². The second-order valence-corrected chi connectivity index (χ2v) is 6.60. The first-order chi connectivity index (χ1) is 9.74. The molecule has 0 aromatic carbocycles. The molecule has 3 nitrogen and oxygen atoms in total. The van der Waals surface area contributed by atoms with Crippen LogP contribution in [-0.2, 0) is 9.59 Å². The molecular formula is C17H25NO2. The molecule has 3 aliphatic rings. The number of unbranched alkanes of at least 4 members (excludes halogenated alkanes) is 5. The number of fused-ring (bicyclic) bond motifs is 5. The molecule has 2 bridgehead atoms. The van der Waals surface area contributed by atoms with E-state index in [1.165, 1.54) is 25.7 Å². The van der Waals surface area contributed by atoms with Gasteiger partial charge >= 0.3 is 0 Å². The fourth-order valence-corrected chi connectivity index (χ4v) is 4.23. The van der Waals surface area contributed by atoms with Crippen molar-refractivity contribution in [2.45, 2.75) is 51.9 Å². The summed E-state index contributed by atoms with van der Waals surface area (Å²) in [4.78, 5) is 26.4. The van der Waals surface area contributed by atoms with Crippen molar-refractivity contribution in [2.75, 3.05) is 6.54 Å². The van der Waals surface area contributed by atoms with Crippen LogP contribution in [0.5, 0.6) is 0 Å². The van der Waals surface area contributed by atoms with Crippen LogP contribution in [0.1, 0.15) is 51.9 Å². The molecule has 2 amide bonds. The Hall–Kier alpha value is -1.12. The van der Waals surface area contributed by atoms with Crippen molar-refractivity contribution >= 4 is 11.8 Å². The van der Waals surface area contributed by atoms with Gasteiger partial charge in [-0.2, -0.15) is 0 Å². The lowest BCUT2D eigenvalue weighted by atomic mass is 9.85. The minimum Gasteiger partial charge on any atom is -0.282 e. The van der Waals surface area contributed by atoms with E-state index in [1.54, 1.807) is 4.90 Å². The Bertz CT molecular complexity index is 399. The van der Waals surface area contributed by atoms with Gasteiger partial charge in [-0.05, 0) is 24.7 Å². The van der Waals surface area contributed by atoms with Crippen molar-refractivity contribution in [3.05, 3.63) is 12.2 Å². The normalized spacial score (nSPS) is 34.4. The summed E-state index contributed by atoms with van der Waals surface area (Å²) >= 11 is 0. The molecule has 0 aromatic rings. The molecule has 0 N–H and O–H groups in total. The second-order valence-electron chi connectivity index (χ2n) is 6.60. The van der Waals surface area contributed by atoms with Gasteiger partial charge in [-0.25, -0.2) is 0 Å². The number of imide groups is 1. The Morgan fingerprint density at radius 2 is 1.50 bits per heavy atom. The van der Waals surface area contributed by atoms with Crippen LogP contribution in [0, 0.1) is 23.7 Å². The molecular weight excluding hydrogens is 250 g/mol. The van der Waals surface area contributed by atoms with Crippen LogP contribution in [-0.4, -0.2) is 23.3 Å². The molecule has 1 saturated carbocycles. The lowest BCUT2D eigenvalue weighted by molar-refractivity contribution is -0.140. The van der Waals surface area contributed by atoms with Crippen molar-refractivity contribution in [2.24, 2.45) is 23.7 Å². The molecule has 1 heterocycles. The average molecular weight is 275 g/mol. The summed E-state index contributed by atoms with van der Waals surface area (Å²) in [6, 6.07) is 0. The Morgan fingerprint density at radius 3 is 2.10 bits per heavy atom. The van der Waals surface area contributed by atoms with Crippen molar-refractivity contribution < 1.29 is 9.59 Å². The third-order valence-electron chi connectivity index (χ3n) is 5.30. The number of rotatable bonds is 7. The van der Waals surface area contributed by atoms with E-state index in [4.69, 9.17) is 0 Å². The zero-order valence-electron chi connectivity index (χ0n) is 12.4. The number of amides is 2. The van der Waals surface area contributed by atoms with E-state index < -0.39 is 0 Å². The molecule has 2 aliphatic carbocycles. The monoisotopic (exact) mass is 275 g/mol. The van der Waals surface area contributed by atoms with Crippen molar-refractivity contribution in [3.8, 4) is 0 Å². The van der Waals surface area contributed by atoms with Gasteiger partial charge in [0.05, 0.1) is 11.8 Å². The van der Waals surface area contributed by atoms with Crippen LogP contribution < -0.4 is 0 Å². The molecule has 1 aliphatic heterocycles. The molecule has 0 unspecified atom stereocenters. The summed E-state index contributed by atoms with van der Waals surface area (Å²) < 4.78 is 0. The molecule has 0 aromatic heterocycles. The fourth-order valence-electron chi connectivity index (χ4n) is 4.23. The molecule has 3 heteroatoms. The van der Waals surface area contributed by atoms with E-state index in [-0.39, 0.29) is 23.7 Å². The van der Waals surface area contributed by atoms with Gasteiger partial charge in [-0.1, -0.05) is 51.2 Å². The predicted molar refractivity (Wildman–Crippen MR) is 77.8 cm³/mol. The highest BCUT2D eigenvalue weighted by Crippen LogP contribution is 2.52. The zero-order valence-corrected chi connectivity index (χ0v) is 12.4. The Kier molecular flexibility index (Phi) is 3.95. The number of likely N-dealkylation sites (tertiary alicyclic amines) is 1. The number of carbonyl (C=O) groups excluding carboxylic acids is 2. The maximum absolute atomic E-state index is 12.4. The van der Waals surface area contributed by atoms with E-state index in [0.29, 0.717) is 18.4 Å². The van der Waals surface area contributed by atoms with E-state index >= 15 is 0 Å². The Morgan fingerprint density at radius 1 is 0.950 bits per heavy atom. The first-order valence-corrected chi connectivity index (χ1v) is 8.27. The predicted octanol–water partition coefficient (Wildman–Crippen LogP) is 3.15. The van der Waals surface area contributed by atoms with E-state index in [0.717, 1.165) is 19.3 Å². The van der Waals surface area contributed by atoms with Gasteiger partial charge in [-0.3, -0.25) is 14.5 Å². The third-order valence-corrected chi connectivity index (χ3v) is 5.30. The topological polar surface area (TPSA) is 37.4 Å². The highest BCUT2D eigenvalue weighted by molar-refractivity contribution is 6.06. The van der Waals surface area contributed by atoms with Gasteiger partial charge in [0.25, 0.3) is 0 Å². The summed E-state index contributed by atoms with van der Waals surface area (Å²) in [6.45, 7) is 2.86. The van der Waals surface area contributed by atoms with Crippen LogP contribution in [0.15, 0.2) is 12.2 Å². The molecule has 2 fully saturated rings. The molecule has 20 heavy (non-hydrogen) atoms. The summed E-state index contributed by atoms with van der Waals surface area (Å²) in [5, 5.41) is 0. The summed E-state index contributed by atoms with van der Waals surface area (Å²) in [7, 11) is 0.